The van der Waals surface area contributed by atoms with Crippen LogP contribution in [0, 0.1) is 13.8 Å². The third kappa shape index (κ3) is 3.83. The number of hydrogen-bond donors (Lipinski definition) is 1. The molecule has 0 unspecified atom stereocenters. The molecule has 1 nitrogen and oxygen atoms in total. The van der Waals surface area contributed by atoms with Crippen molar-refractivity contribution in [3.8, 4) is 0 Å². The Morgan fingerprint density at radius 3 is 2.11 bits per heavy atom. The molecule has 0 aromatic heterocycles. The summed E-state index contributed by atoms with van der Waals surface area (Å²) in [5.74, 6) is 0. The summed E-state index contributed by atoms with van der Waals surface area (Å²) in [6.07, 6.45) is 0. The average Bonchev–Trinajstić information content (AvgIpc) is 2.32. The molecule has 2 aromatic carbocycles. The molecule has 0 aliphatic heterocycles. The van der Waals surface area contributed by atoms with Gasteiger partial charge in [-0.25, -0.2) is 0 Å². The molecule has 0 atom stereocenters. The topological polar surface area (TPSA) is 12.0 Å². The second-order valence-corrected chi connectivity index (χ2v) is 7.14. The van der Waals surface area contributed by atoms with E-state index in [0.29, 0.717) is 0 Å². The molecule has 0 radical (unpaired) electrons. The highest BCUT2D eigenvalue weighted by Gasteiger charge is 2.05. The summed E-state index contributed by atoms with van der Waals surface area (Å²) in [7, 11) is 0. The Hall–Kier alpha value is -0.320. The van der Waals surface area contributed by atoms with E-state index >= 15 is 0 Å². The first kappa shape index (κ1) is 15.1. The summed E-state index contributed by atoms with van der Waals surface area (Å²) in [6.45, 7) is 5.06. The molecule has 1 N–H and O–H groups in total. The standard InChI is InChI=1S/C15H14Br3N/c1-9-5-12(16)6-10(2)15(9)19-8-11-3-4-13(17)14(18)7-11/h3-7,19H,8H2,1-2H3. The van der Waals surface area contributed by atoms with Crippen LogP contribution in [-0.4, -0.2) is 0 Å². The lowest BCUT2D eigenvalue weighted by Gasteiger charge is -2.14. The summed E-state index contributed by atoms with van der Waals surface area (Å²) < 4.78 is 3.28. The van der Waals surface area contributed by atoms with Crippen LogP contribution in [0.3, 0.4) is 0 Å². The fraction of sp³-hybridized carbons (Fsp3) is 0.200. The maximum atomic E-state index is 3.53. The molecule has 0 spiro atoms. The van der Waals surface area contributed by atoms with Gasteiger partial charge >= 0.3 is 0 Å². The van der Waals surface area contributed by atoms with Crippen molar-refractivity contribution >= 4 is 53.5 Å². The fourth-order valence-corrected chi connectivity index (χ4v) is 3.39. The lowest BCUT2D eigenvalue weighted by Crippen LogP contribution is -2.03. The SMILES string of the molecule is Cc1cc(Br)cc(C)c1NCc1ccc(Br)c(Br)c1. The Morgan fingerprint density at radius 1 is 0.895 bits per heavy atom. The summed E-state index contributed by atoms with van der Waals surface area (Å²) in [5, 5.41) is 3.51. The predicted molar refractivity (Wildman–Crippen MR) is 92.8 cm³/mol. The van der Waals surface area contributed by atoms with E-state index in [0.717, 1.165) is 20.0 Å². The van der Waals surface area contributed by atoms with E-state index in [-0.39, 0.29) is 0 Å². The highest BCUT2D eigenvalue weighted by atomic mass is 79.9. The van der Waals surface area contributed by atoms with Gasteiger partial charge in [0, 0.05) is 25.7 Å². The quantitative estimate of drug-likeness (QED) is 0.590. The van der Waals surface area contributed by atoms with Gasteiger partial charge in [0.2, 0.25) is 0 Å². The Balaban J connectivity index is 2.16. The van der Waals surface area contributed by atoms with Gasteiger partial charge in [0.15, 0.2) is 0 Å². The van der Waals surface area contributed by atoms with Gasteiger partial charge in [-0.3, -0.25) is 0 Å². The van der Waals surface area contributed by atoms with Gasteiger partial charge < -0.3 is 5.32 Å². The summed E-state index contributed by atoms with van der Waals surface area (Å²) in [4.78, 5) is 0. The Labute approximate surface area is 139 Å². The molecular formula is C15H14Br3N. The molecule has 4 heteroatoms. The number of halogens is 3. The summed E-state index contributed by atoms with van der Waals surface area (Å²) in [6, 6.07) is 10.6. The van der Waals surface area contributed by atoms with Crippen molar-refractivity contribution in [2.75, 3.05) is 5.32 Å². The normalized spacial score (nSPS) is 10.6. The number of aryl methyl sites for hydroxylation is 2. The van der Waals surface area contributed by atoms with E-state index < -0.39 is 0 Å². The Bertz CT molecular complexity index is 585. The van der Waals surface area contributed by atoms with Gasteiger partial charge in [0.25, 0.3) is 0 Å². The largest absolute Gasteiger partial charge is 0.381 e. The molecule has 0 fully saturated rings. The smallest absolute Gasteiger partial charge is 0.0403 e. The van der Waals surface area contributed by atoms with Crippen molar-refractivity contribution in [3.63, 3.8) is 0 Å². The number of nitrogens with one attached hydrogen (secondary N) is 1. The predicted octanol–water partition coefficient (Wildman–Crippen LogP) is 6.20. The van der Waals surface area contributed by atoms with Crippen LogP contribution in [-0.2, 0) is 6.54 Å². The monoisotopic (exact) mass is 445 g/mol. The van der Waals surface area contributed by atoms with Crippen LogP contribution in [0.25, 0.3) is 0 Å². The number of hydrogen-bond acceptors (Lipinski definition) is 1. The van der Waals surface area contributed by atoms with Gasteiger partial charge in [-0.15, -0.1) is 0 Å². The molecule has 0 aliphatic carbocycles. The zero-order chi connectivity index (χ0) is 14.0. The molecule has 0 saturated heterocycles. The van der Waals surface area contributed by atoms with Gasteiger partial charge in [-0.1, -0.05) is 22.0 Å². The molecular weight excluding hydrogens is 434 g/mol. The molecule has 2 rings (SSSR count). The molecule has 100 valence electrons. The minimum absolute atomic E-state index is 0.815. The molecule has 19 heavy (non-hydrogen) atoms. The van der Waals surface area contributed by atoms with Crippen molar-refractivity contribution in [3.05, 3.63) is 60.4 Å². The molecule has 0 heterocycles. The first-order chi connectivity index (χ1) is 8.97. The van der Waals surface area contributed by atoms with E-state index in [1.807, 2.05) is 0 Å². The zero-order valence-corrected chi connectivity index (χ0v) is 15.5. The molecule has 2 aromatic rings. The molecule has 0 saturated carbocycles. The summed E-state index contributed by atoms with van der Waals surface area (Å²) >= 11 is 10.5. The van der Waals surface area contributed by atoms with E-state index in [1.165, 1.54) is 22.4 Å². The highest BCUT2D eigenvalue weighted by Crippen LogP contribution is 2.27. The lowest BCUT2D eigenvalue weighted by molar-refractivity contribution is 1.12. The van der Waals surface area contributed by atoms with Crippen LogP contribution in [0.15, 0.2) is 43.7 Å². The second-order valence-electron chi connectivity index (χ2n) is 4.52. The minimum Gasteiger partial charge on any atom is -0.381 e. The van der Waals surface area contributed by atoms with Gasteiger partial charge in [-0.05, 0) is 86.7 Å². The van der Waals surface area contributed by atoms with Gasteiger partial charge in [0.1, 0.15) is 0 Å². The van der Waals surface area contributed by atoms with Crippen LogP contribution in [0.1, 0.15) is 16.7 Å². The van der Waals surface area contributed by atoms with Crippen molar-refractivity contribution in [1.29, 1.82) is 0 Å². The van der Waals surface area contributed by atoms with Crippen LogP contribution < -0.4 is 5.32 Å². The molecule has 0 aliphatic rings. The highest BCUT2D eigenvalue weighted by molar-refractivity contribution is 9.13. The maximum absolute atomic E-state index is 3.53. The Morgan fingerprint density at radius 2 is 1.53 bits per heavy atom. The van der Waals surface area contributed by atoms with Crippen LogP contribution in [0.5, 0.6) is 0 Å². The zero-order valence-electron chi connectivity index (χ0n) is 10.7. The number of anilines is 1. The first-order valence-electron chi connectivity index (χ1n) is 5.92. The van der Waals surface area contributed by atoms with Crippen molar-refractivity contribution in [1.82, 2.24) is 0 Å². The van der Waals surface area contributed by atoms with Gasteiger partial charge in [0.05, 0.1) is 0 Å². The Kier molecular flexibility index (Phi) is 5.09. The van der Waals surface area contributed by atoms with Crippen molar-refractivity contribution < 1.29 is 0 Å². The summed E-state index contributed by atoms with van der Waals surface area (Å²) in [5.41, 5.74) is 4.96. The minimum atomic E-state index is 0.815. The fourth-order valence-electron chi connectivity index (χ4n) is 2.03. The van der Waals surface area contributed by atoms with Crippen LogP contribution in [0.2, 0.25) is 0 Å². The van der Waals surface area contributed by atoms with E-state index in [9.17, 15) is 0 Å². The second kappa shape index (κ2) is 6.42. The first-order valence-corrected chi connectivity index (χ1v) is 8.30. The van der Waals surface area contributed by atoms with E-state index in [2.05, 4.69) is 97.3 Å². The van der Waals surface area contributed by atoms with Crippen molar-refractivity contribution in [2.24, 2.45) is 0 Å². The number of rotatable bonds is 3. The number of benzene rings is 2. The molecule has 0 bridgehead atoms. The third-order valence-corrected chi connectivity index (χ3v) is 5.29. The average molecular weight is 448 g/mol. The van der Waals surface area contributed by atoms with Crippen LogP contribution in [0.4, 0.5) is 5.69 Å². The van der Waals surface area contributed by atoms with Crippen molar-refractivity contribution in [2.45, 2.75) is 20.4 Å². The van der Waals surface area contributed by atoms with E-state index in [4.69, 9.17) is 0 Å². The lowest BCUT2D eigenvalue weighted by atomic mass is 10.1. The van der Waals surface area contributed by atoms with E-state index in [1.54, 1.807) is 0 Å². The maximum Gasteiger partial charge on any atom is 0.0403 e. The molecule has 0 amide bonds. The van der Waals surface area contributed by atoms with Gasteiger partial charge in [-0.2, -0.15) is 0 Å². The third-order valence-electron chi connectivity index (χ3n) is 2.95. The van der Waals surface area contributed by atoms with Crippen LogP contribution >= 0.6 is 47.8 Å².